The van der Waals surface area contributed by atoms with Gasteiger partial charge in [-0.15, -0.1) is 0 Å². The molecular formula is C14H32N2O2. The van der Waals surface area contributed by atoms with Crippen molar-refractivity contribution in [3.63, 3.8) is 0 Å². The van der Waals surface area contributed by atoms with Crippen LogP contribution in [-0.2, 0) is 9.47 Å². The van der Waals surface area contributed by atoms with E-state index < -0.39 is 0 Å². The van der Waals surface area contributed by atoms with E-state index in [1.165, 1.54) is 25.7 Å². The van der Waals surface area contributed by atoms with Crippen molar-refractivity contribution >= 4 is 0 Å². The topological polar surface area (TPSA) is 47.7 Å². The van der Waals surface area contributed by atoms with E-state index in [-0.39, 0.29) is 11.8 Å². The minimum Gasteiger partial charge on any atom is -0.354 e. The van der Waals surface area contributed by atoms with Crippen LogP contribution >= 0.6 is 0 Å². The molecule has 0 aromatic carbocycles. The van der Waals surface area contributed by atoms with Gasteiger partial charge in [0.05, 0.1) is 5.54 Å². The summed E-state index contributed by atoms with van der Waals surface area (Å²) in [5.41, 5.74) is 5.75. The molecule has 0 saturated heterocycles. The van der Waals surface area contributed by atoms with E-state index in [1.54, 1.807) is 14.2 Å². The second kappa shape index (κ2) is 9.73. The first-order valence-corrected chi connectivity index (χ1v) is 7.11. The smallest absolute Gasteiger partial charge is 0.176 e. The number of hydrogen-bond acceptors (Lipinski definition) is 4. The van der Waals surface area contributed by atoms with Gasteiger partial charge in [-0.1, -0.05) is 26.7 Å². The molecule has 0 bridgehead atoms. The van der Waals surface area contributed by atoms with Gasteiger partial charge in [0, 0.05) is 20.8 Å². The van der Waals surface area contributed by atoms with Crippen LogP contribution in [-0.4, -0.2) is 50.6 Å². The van der Waals surface area contributed by atoms with Gasteiger partial charge in [0.1, 0.15) is 0 Å². The van der Waals surface area contributed by atoms with E-state index in [1.807, 2.05) is 0 Å². The van der Waals surface area contributed by atoms with Crippen molar-refractivity contribution in [3.8, 4) is 0 Å². The first kappa shape index (κ1) is 17.8. The summed E-state index contributed by atoms with van der Waals surface area (Å²) >= 11 is 0. The molecule has 4 nitrogen and oxygen atoms in total. The molecule has 0 aromatic rings. The fourth-order valence-electron chi connectivity index (χ4n) is 2.30. The third-order valence-corrected chi connectivity index (χ3v) is 3.63. The Kier molecular flexibility index (Phi) is 9.64. The summed E-state index contributed by atoms with van der Waals surface area (Å²) in [5.74, 6) is 0. The molecule has 0 aliphatic rings. The number of ether oxygens (including phenoxy) is 2. The van der Waals surface area contributed by atoms with Crippen molar-refractivity contribution in [2.24, 2.45) is 5.73 Å². The zero-order valence-electron chi connectivity index (χ0n) is 12.9. The van der Waals surface area contributed by atoms with Crippen LogP contribution in [0.25, 0.3) is 0 Å². The molecule has 0 spiro atoms. The molecule has 0 saturated carbocycles. The van der Waals surface area contributed by atoms with Gasteiger partial charge in [-0.25, -0.2) is 0 Å². The summed E-state index contributed by atoms with van der Waals surface area (Å²) in [4.78, 5) is 2.43. The highest BCUT2D eigenvalue weighted by Gasteiger charge is 2.38. The zero-order chi connectivity index (χ0) is 14.0. The standard InChI is InChI=1S/C14H32N2O2/c1-6-8-10-16(11-9-7-2)14(3,12-15)13(17-4)18-5/h13H,6-12,15H2,1-5H3. The minimum atomic E-state index is -0.281. The van der Waals surface area contributed by atoms with Gasteiger partial charge in [0.2, 0.25) is 0 Å². The lowest BCUT2D eigenvalue weighted by molar-refractivity contribution is -0.181. The van der Waals surface area contributed by atoms with Crippen LogP contribution < -0.4 is 5.73 Å². The maximum atomic E-state index is 6.00. The second-order valence-corrected chi connectivity index (χ2v) is 5.06. The Balaban J connectivity index is 4.83. The molecule has 110 valence electrons. The zero-order valence-corrected chi connectivity index (χ0v) is 12.9. The number of hydrogen-bond donors (Lipinski definition) is 1. The number of rotatable bonds is 11. The van der Waals surface area contributed by atoms with E-state index in [0.29, 0.717) is 6.54 Å². The fraction of sp³-hybridized carbons (Fsp3) is 1.00. The largest absolute Gasteiger partial charge is 0.354 e. The lowest BCUT2D eigenvalue weighted by atomic mass is 9.97. The van der Waals surface area contributed by atoms with Crippen LogP contribution in [0, 0.1) is 0 Å². The lowest BCUT2D eigenvalue weighted by Crippen LogP contribution is -2.60. The van der Waals surface area contributed by atoms with Crippen LogP contribution in [0.3, 0.4) is 0 Å². The van der Waals surface area contributed by atoms with Crippen molar-refractivity contribution in [1.82, 2.24) is 4.90 Å². The Morgan fingerprint density at radius 3 is 1.78 bits per heavy atom. The number of nitrogens with zero attached hydrogens (tertiary/aromatic N) is 1. The third kappa shape index (κ3) is 4.84. The minimum absolute atomic E-state index is 0.256. The summed E-state index contributed by atoms with van der Waals surface area (Å²) in [6, 6.07) is 0. The predicted molar refractivity (Wildman–Crippen MR) is 76.7 cm³/mol. The van der Waals surface area contributed by atoms with Crippen molar-refractivity contribution in [1.29, 1.82) is 0 Å². The van der Waals surface area contributed by atoms with E-state index >= 15 is 0 Å². The highest BCUT2D eigenvalue weighted by molar-refractivity contribution is 4.91. The molecular weight excluding hydrogens is 228 g/mol. The Morgan fingerprint density at radius 1 is 1.06 bits per heavy atom. The van der Waals surface area contributed by atoms with Crippen LogP contribution in [0.15, 0.2) is 0 Å². The fourth-order valence-corrected chi connectivity index (χ4v) is 2.30. The van der Waals surface area contributed by atoms with E-state index in [2.05, 4.69) is 25.7 Å². The second-order valence-electron chi connectivity index (χ2n) is 5.06. The Morgan fingerprint density at radius 2 is 1.50 bits per heavy atom. The van der Waals surface area contributed by atoms with E-state index in [0.717, 1.165) is 13.1 Å². The van der Waals surface area contributed by atoms with E-state index in [9.17, 15) is 0 Å². The Labute approximate surface area is 113 Å². The summed E-state index contributed by atoms with van der Waals surface area (Å²) in [5, 5.41) is 0. The molecule has 1 unspecified atom stereocenters. The normalized spacial score (nSPS) is 15.3. The molecule has 0 radical (unpaired) electrons. The number of methoxy groups -OCH3 is 2. The lowest BCUT2D eigenvalue weighted by Gasteiger charge is -2.44. The average Bonchev–Trinajstić information content (AvgIpc) is 2.39. The molecule has 0 heterocycles. The molecule has 18 heavy (non-hydrogen) atoms. The molecule has 2 N–H and O–H groups in total. The highest BCUT2D eigenvalue weighted by Crippen LogP contribution is 2.23. The molecule has 1 atom stereocenters. The molecule has 0 rings (SSSR count). The van der Waals surface area contributed by atoms with Crippen LogP contribution in [0.5, 0.6) is 0 Å². The van der Waals surface area contributed by atoms with Gasteiger partial charge in [0.25, 0.3) is 0 Å². The van der Waals surface area contributed by atoms with Gasteiger partial charge in [-0.05, 0) is 32.9 Å². The van der Waals surface area contributed by atoms with Crippen LogP contribution in [0.4, 0.5) is 0 Å². The van der Waals surface area contributed by atoms with Gasteiger partial charge in [-0.3, -0.25) is 4.90 Å². The molecule has 0 aliphatic carbocycles. The maximum absolute atomic E-state index is 6.00. The Bertz CT molecular complexity index is 190. The maximum Gasteiger partial charge on any atom is 0.176 e. The van der Waals surface area contributed by atoms with Crippen molar-refractivity contribution in [2.75, 3.05) is 33.9 Å². The van der Waals surface area contributed by atoms with Gasteiger partial charge < -0.3 is 15.2 Å². The first-order valence-electron chi connectivity index (χ1n) is 7.11. The van der Waals surface area contributed by atoms with Gasteiger partial charge in [0.15, 0.2) is 6.29 Å². The molecule has 0 aromatic heterocycles. The van der Waals surface area contributed by atoms with Crippen molar-refractivity contribution < 1.29 is 9.47 Å². The SMILES string of the molecule is CCCCN(CCCC)C(C)(CN)C(OC)OC. The first-order chi connectivity index (χ1) is 8.60. The number of nitrogens with two attached hydrogens (primary N) is 1. The summed E-state index contributed by atoms with van der Waals surface area (Å²) < 4.78 is 10.9. The quantitative estimate of drug-likeness (QED) is 0.579. The predicted octanol–water partition coefficient (Wildman–Crippen LogP) is 2.22. The number of unbranched alkanes of at least 4 members (excludes halogenated alkanes) is 2. The summed E-state index contributed by atoms with van der Waals surface area (Å²) in [7, 11) is 3.36. The van der Waals surface area contributed by atoms with Crippen molar-refractivity contribution in [3.05, 3.63) is 0 Å². The van der Waals surface area contributed by atoms with Crippen molar-refractivity contribution in [2.45, 2.75) is 58.3 Å². The highest BCUT2D eigenvalue weighted by atomic mass is 16.7. The molecule has 0 amide bonds. The van der Waals surface area contributed by atoms with Gasteiger partial charge >= 0.3 is 0 Å². The van der Waals surface area contributed by atoms with Crippen LogP contribution in [0.1, 0.15) is 46.5 Å². The average molecular weight is 260 g/mol. The summed E-state index contributed by atoms with van der Waals surface area (Å²) in [6.07, 6.45) is 4.46. The van der Waals surface area contributed by atoms with Gasteiger partial charge in [-0.2, -0.15) is 0 Å². The third-order valence-electron chi connectivity index (χ3n) is 3.63. The molecule has 4 heteroatoms. The van der Waals surface area contributed by atoms with Crippen LogP contribution in [0.2, 0.25) is 0 Å². The molecule has 0 aliphatic heterocycles. The summed E-state index contributed by atoms with van der Waals surface area (Å²) in [6.45, 7) is 9.19. The molecule has 0 fully saturated rings. The van der Waals surface area contributed by atoms with E-state index in [4.69, 9.17) is 15.2 Å². The monoisotopic (exact) mass is 260 g/mol. The Hall–Kier alpha value is -0.160.